The van der Waals surface area contributed by atoms with Crippen LogP contribution in [0.3, 0.4) is 0 Å². The topological polar surface area (TPSA) is 75.3 Å². The highest BCUT2D eigenvalue weighted by atomic mass is 32.2. The predicted molar refractivity (Wildman–Crippen MR) is 76.8 cm³/mol. The van der Waals surface area contributed by atoms with Gasteiger partial charge in [-0.1, -0.05) is 19.1 Å². The van der Waals surface area contributed by atoms with Gasteiger partial charge in [0.1, 0.15) is 5.75 Å². The summed E-state index contributed by atoms with van der Waals surface area (Å²) in [6, 6.07) is 7.36. The molecule has 1 amide bonds. The van der Waals surface area contributed by atoms with Crippen molar-refractivity contribution in [3.05, 3.63) is 29.8 Å². The summed E-state index contributed by atoms with van der Waals surface area (Å²) in [6.07, 6.45) is 2.10. The normalized spacial score (nSPS) is 11.3. The summed E-state index contributed by atoms with van der Waals surface area (Å²) in [6.45, 7) is 3.75. The van der Waals surface area contributed by atoms with Gasteiger partial charge in [-0.3, -0.25) is 4.79 Å². The highest BCUT2D eigenvalue weighted by Gasteiger charge is 2.10. The molecule has 0 bridgehead atoms. The minimum Gasteiger partial charge on any atom is -0.325 e. The Morgan fingerprint density at radius 3 is 2.68 bits per heavy atom. The van der Waals surface area contributed by atoms with Crippen LogP contribution in [0.1, 0.15) is 18.9 Å². The zero-order valence-electron chi connectivity index (χ0n) is 11.3. The molecule has 1 aromatic carbocycles. The third-order valence-corrected chi connectivity index (χ3v) is 3.15. The first-order chi connectivity index (χ1) is 8.90. The first-order valence-electron chi connectivity index (χ1n) is 6.18. The molecule has 0 atom stereocenters. The molecule has 6 heteroatoms. The van der Waals surface area contributed by atoms with Gasteiger partial charge in [0.25, 0.3) is 0 Å². The molecule has 0 saturated heterocycles. The molecule has 19 heavy (non-hydrogen) atoms. The zero-order chi connectivity index (χ0) is 14.3. The van der Waals surface area contributed by atoms with Crippen LogP contribution in [-0.4, -0.2) is 32.9 Å². The van der Waals surface area contributed by atoms with E-state index in [-0.39, 0.29) is 0 Å². The number of rotatable bonds is 7. The third-order valence-electron chi connectivity index (χ3n) is 2.36. The second kappa shape index (κ2) is 7.25. The molecule has 106 valence electrons. The number of carbonyl (C=O) groups is 1. The van der Waals surface area contributed by atoms with Gasteiger partial charge < -0.3 is 10.6 Å². The minimum atomic E-state index is -3.30. The van der Waals surface area contributed by atoms with Crippen molar-refractivity contribution in [2.24, 2.45) is 0 Å². The van der Waals surface area contributed by atoms with Gasteiger partial charge in [-0.05, 0) is 30.7 Å². The van der Waals surface area contributed by atoms with Crippen LogP contribution in [0.25, 0.3) is 0 Å². The van der Waals surface area contributed by atoms with E-state index in [2.05, 4.69) is 17.6 Å². The van der Waals surface area contributed by atoms with Gasteiger partial charge in [0.2, 0.25) is 5.91 Å². The monoisotopic (exact) mass is 284 g/mol. The fraction of sp³-hybridized carbons (Fsp3) is 0.462. The molecule has 1 aromatic rings. The van der Waals surface area contributed by atoms with Crippen molar-refractivity contribution in [1.82, 2.24) is 5.32 Å². The molecule has 2 N–H and O–H groups in total. The highest BCUT2D eigenvalue weighted by Crippen LogP contribution is 2.10. The van der Waals surface area contributed by atoms with Crippen LogP contribution in [0.15, 0.2) is 24.3 Å². The Hall–Kier alpha value is -1.40. The summed E-state index contributed by atoms with van der Waals surface area (Å²) in [5, 5.41) is 5.84. The van der Waals surface area contributed by atoms with Crippen LogP contribution in [-0.2, 0) is 21.2 Å². The molecular weight excluding hydrogens is 264 g/mol. The van der Waals surface area contributed by atoms with Crippen molar-refractivity contribution in [3.8, 4) is 0 Å². The van der Waals surface area contributed by atoms with Gasteiger partial charge in [-0.15, -0.1) is 0 Å². The fourth-order valence-corrected chi connectivity index (χ4v) is 2.15. The van der Waals surface area contributed by atoms with Gasteiger partial charge in [0.15, 0.2) is 9.84 Å². The standard InChI is InChI=1S/C13H20N2O3S/c1-3-7-14-9-11-5-4-6-12(8-11)15-13(16)10-19(2,17)18/h4-6,8,14H,3,7,9-10H2,1-2H3,(H,15,16). The Morgan fingerprint density at radius 2 is 2.05 bits per heavy atom. The highest BCUT2D eigenvalue weighted by molar-refractivity contribution is 7.91. The lowest BCUT2D eigenvalue weighted by atomic mass is 10.2. The van der Waals surface area contributed by atoms with Crippen LogP contribution in [0, 0.1) is 0 Å². The molecule has 0 aromatic heterocycles. The SMILES string of the molecule is CCCNCc1cccc(NC(=O)CS(C)(=O)=O)c1. The average Bonchev–Trinajstić information content (AvgIpc) is 2.27. The summed E-state index contributed by atoms with van der Waals surface area (Å²) in [5.74, 6) is -1.01. The lowest BCUT2D eigenvalue weighted by Gasteiger charge is -2.07. The maximum absolute atomic E-state index is 11.5. The first-order valence-corrected chi connectivity index (χ1v) is 8.24. The second-order valence-electron chi connectivity index (χ2n) is 4.50. The van der Waals surface area contributed by atoms with Crippen LogP contribution in [0.2, 0.25) is 0 Å². The van der Waals surface area contributed by atoms with E-state index in [0.29, 0.717) is 5.69 Å². The number of benzene rings is 1. The van der Waals surface area contributed by atoms with Gasteiger partial charge in [-0.2, -0.15) is 0 Å². The number of carbonyl (C=O) groups excluding carboxylic acids is 1. The maximum atomic E-state index is 11.5. The van der Waals surface area contributed by atoms with E-state index >= 15 is 0 Å². The van der Waals surface area contributed by atoms with Gasteiger partial charge in [0, 0.05) is 18.5 Å². The molecule has 0 unspecified atom stereocenters. The Bertz CT molecular complexity index is 526. The molecule has 1 rings (SSSR count). The Labute approximate surface area is 114 Å². The largest absolute Gasteiger partial charge is 0.325 e. The second-order valence-corrected chi connectivity index (χ2v) is 6.64. The number of hydrogen-bond donors (Lipinski definition) is 2. The predicted octanol–water partition coefficient (Wildman–Crippen LogP) is 1.17. The first kappa shape index (κ1) is 15.7. The zero-order valence-corrected chi connectivity index (χ0v) is 12.1. The van der Waals surface area contributed by atoms with Crippen molar-refractivity contribution < 1.29 is 13.2 Å². The Morgan fingerprint density at radius 1 is 1.32 bits per heavy atom. The van der Waals surface area contributed by atoms with Crippen molar-refractivity contribution >= 4 is 21.4 Å². The summed E-state index contributed by atoms with van der Waals surface area (Å²) < 4.78 is 22.0. The van der Waals surface area contributed by atoms with Crippen molar-refractivity contribution in [3.63, 3.8) is 0 Å². The number of sulfone groups is 1. The van der Waals surface area contributed by atoms with Gasteiger partial charge in [0.05, 0.1) is 0 Å². The molecular formula is C13H20N2O3S. The molecule has 0 aliphatic rings. The van der Waals surface area contributed by atoms with Crippen LogP contribution >= 0.6 is 0 Å². The molecule has 0 radical (unpaired) electrons. The van der Waals surface area contributed by atoms with Crippen molar-refractivity contribution in [2.45, 2.75) is 19.9 Å². The lowest BCUT2D eigenvalue weighted by Crippen LogP contribution is -2.22. The molecule has 0 spiro atoms. The van der Waals surface area contributed by atoms with Gasteiger partial charge >= 0.3 is 0 Å². The van der Waals surface area contributed by atoms with E-state index in [1.165, 1.54) is 0 Å². The summed E-state index contributed by atoms with van der Waals surface area (Å²) in [7, 11) is -3.30. The fourth-order valence-electron chi connectivity index (χ4n) is 1.60. The van der Waals surface area contributed by atoms with E-state index in [1.54, 1.807) is 6.07 Å². The smallest absolute Gasteiger partial charge is 0.239 e. The molecule has 0 aliphatic heterocycles. The van der Waals surface area contributed by atoms with E-state index in [0.717, 1.165) is 31.3 Å². The van der Waals surface area contributed by atoms with E-state index in [9.17, 15) is 13.2 Å². The Kier molecular flexibility index (Phi) is 5.98. The molecule has 0 saturated carbocycles. The number of amides is 1. The number of nitrogens with one attached hydrogen (secondary N) is 2. The molecule has 5 nitrogen and oxygen atoms in total. The third kappa shape index (κ3) is 6.93. The maximum Gasteiger partial charge on any atom is 0.239 e. The molecule has 0 aliphatic carbocycles. The summed E-state index contributed by atoms with van der Waals surface area (Å²) in [5.41, 5.74) is 1.66. The molecule has 0 heterocycles. The minimum absolute atomic E-state index is 0.495. The summed E-state index contributed by atoms with van der Waals surface area (Å²) in [4.78, 5) is 11.5. The number of anilines is 1. The van der Waals surface area contributed by atoms with Crippen molar-refractivity contribution in [1.29, 1.82) is 0 Å². The van der Waals surface area contributed by atoms with E-state index in [4.69, 9.17) is 0 Å². The van der Waals surface area contributed by atoms with Crippen molar-refractivity contribution in [2.75, 3.05) is 23.9 Å². The van der Waals surface area contributed by atoms with E-state index < -0.39 is 21.5 Å². The van der Waals surface area contributed by atoms with Gasteiger partial charge in [-0.25, -0.2) is 8.42 Å². The van der Waals surface area contributed by atoms with Crippen LogP contribution < -0.4 is 10.6 Å². The van der Waals surface area contributed by atoms with Crippen LogP contribution in [0.5, 0.6) is 0 Å². The lowest BCUT2D eigenvalue weighted by molar-refractivity contribution is -0.113. The number of hydrogen-bond acceptors (Lipinski definition) is 4. The molecule has 0 fully saturated rings. The average molecular weight is 284 g/mol. The quantitative estimate of drug-likeness (QED) is 0.737. The summed E-state index contributed by atoms with van der Waals surface area (Å²) >= 11 is 0. The Balaban J connectivity index is 2.59. The van der Waals surface area contributed by atoms with Crippen LogP contribution in [0.4, 0.5) is 5.69 Å². The van der Waals surface area contributed by atoms with E-state index in [1.807, 2.05) is 18.2 Å².